The third kappa shape index (κ3) is 3.78. The molecule has 1 unspecified atom stereocenters. The van der Waals surface area contributed by atoms with Crippen molar-refractivity contribution in [1.29, 1.82) is 0 Å². The molecule has 1 fully saturated rings. The summed E-state index contributed by atoms with van der Waals surface area (Å²) in [5, 5.41) is 10.2. The minimum atomic E-state index is -0.489. The number of ether oxygens (including phenoxy) is 2. The maximum absolute atomic E-state index is 12.3. The first-order chi connectivity index (χ1) is 10.6. The highest BCUT2D eigenvalue weighted by molar-refractivity contribution is 5.79. The van der Waals surface area contributed by atoms with Gasteiger partial charge in [0.1, 0.15) is 5.75 Å². The Labute approximate surface area is 131 Å². The number of amides is 1. The van der Waals surface area contributed by atoms with E-state index in [1.165, 1.54) is 0 Å². The molecule has 22 heavy (non-hydrogen) atoms. The number of carbonyl (C=O) groups excluding carboxylic acids is 1. The Bertz CT molecular complexity index is 488. The number of carbonyl (C=O) groups is 1. The fourth-order valence-electron chi connectivity index (χ4n) is 2.93. The van der Waals surface area contributed by atoms with E-state index in [-0.39, 0.29) is 17.9 Å². The standard InChI is InChI=1S/C17H25NO4/c1-12(13-4-6-15(22-3)7-5-13)18-11-14(10-17(18)20)16(19)8-9-21-2/h4-7,12,14,16,19H,8-11H2,1-3H3/t12-,14-,16?/m1/s1. The van der Waals surface area contributed by atoms with Crippen molar-refractivity contribution in [3.63, 3.8) is 0 Å². The molecule has 0 spiro atoms. The normalized spacial score (nSPS) is 21.0. The Kier molecular flexibility index (Phi) is 5.80. The molecule has 1 aromatic carbocycles. The van der Waals surface area contributed by atoms with Crippen LogP contribution in [-0.2, 0) is 9.53 Å². The molecule has 5 heteroatoms. The zero-order chi connectivity index (χ0) is 16.1. The lowest BCUT2D eigenvalue weighted by Crippen LogP contribution is -2.30. The van der Waals surface area contributed by atoms with E-state index in [1.54, 1.807) is 14.2 Å². The van der Waals surface area contributed by atoms with Gasteiger partial charge in [0.25, 0.3) is 0 Å². The molecule has 1 aliphatic heterocycles. The minimum absolute atomic E-state index is 0.00182. The summed E-state index contributed by atoms with van der Waals surface area (Å²) in [6.07, 6.45) is 0.488. The molecule has 122 valence electrons. The van der Waals surface area contributed by atoms with Gasteiger partial charge in [0.2, 0.25) is 5.91 Å². The van der Waals surface area contributed by atoms with Gasteiger partial charge in [0.05, 0.1) is 19.3 Å². The van der Waals surface area contributed by atoms with Gasteiger partial charge >= 0.3 is 0 Å². The van der Waals surface area contributed by atoms with Crippen molar-refractivity contribution < 1.29 is 19.4 Å². The van der Waals surface area contributed by atoms with Crippen LogP contribution in [0, 0.1) is 5.92 Å². The van der Waals surface area contributed by atoms with E-state index in [0.29, 0.717) is 26.0 Å². The van der Waals surface area contributed by atoms with Gasteiger partial charge in [-0.3, -0.25) is 4.79 Å². The molecule has 1 aliphatic rings. The first kappa shape index (κ1) is 16.8. The maximum atomic E-state index is 12.3. The summed E-state index contributed by atoms with van der Waals surface area (Å²) in [7, 11) is 3.25. The summed E-state index contributed by atoms with van der Waals surface area (Å²) in [6, 6.07) is 7.75. The zero-order valence-corrected chi connectivity index (χ0v) is 13.5. The predicted molar refractivity (Wildman–Crippen MR) is 83.7 cm³/mol. The van der Waals surface area contributed by atoms with Crippen molar-refractivity contribution in [1.82, 2.24) is 4.90 Å². The van der Waals surface area contributed by atoms with Crippen LogP contribution in [0.3, 0.4) is 0 Å². The largest absolute Gasteiger partial charge is 0.497 e. The number of benzene rings is 1. The molecule has 1 heterocycles. The molecule has 2 rings (SSSR count). The Balaban J connectivity index is 2.00. The Hall–Kier alpha value is -1.59. The third-order valence-electron chi connectivity index (χ3n) is 4.42. The van der Waals surface area contributed by atoms with Crippen molar-refractivity contribution in [2.45, 2.75) is 31.9 Å². The minimum Gasteiger partial charge on any atom is -0.497 e. The molecule has 0 aromatic heterocycles. The second-order valence-corrected chi connectivity index (χ2v) is 5.81. The predicted octanol–water partition coefficient (Wildman–Crippen LogP) is 2.00. The van der Waals surface area contributed by atoms with Crippen molar-refractivity contribution in [3.05, 3.63) is 29.8 Å². The number of aliphatic hydroxyl groups is 1. The average Bonchev–Trinajstić information content (AvgIpc) is 2.94. The Morgan fingerprint density at radius 1 is 1.32 bits per heavy atom. The molecular formula is C17H25NO4. The maximum Gasteiger partial charge on any atom is 0.223 e. The van der Waals surface area contributed by atoms with Crippen molar-refractivity contribution >= 4 is 5.91 Å². The molecule has 0 aliphatic carbocycles. The number of hydrogen-bond acceptors (Lipinski definition) is 4. The SMILES string of the molecule is COCCC(O)[C@@H]1CC(=O)N([C@H](C)c2ccc(OC)cc2)C1. The molecule has 1 saturated heterocycles. The van der Waals surface area contributed by atoms with E-state index in [9.17, 15) is 9.90 Å². The van der Waals surface area contributed by atoms with Crippen LogP contribution in [0.4, 0.5) is 0 Å². The van der Waals surface area contributed by atoms with Crippen LogP contribution < -0.4 is 4.74 Å². The van der Waals surface area contributed by atoms with Crippen molar-refractivity contribution in [3.8, 4) is 5.75 Å². The van der Waals surface area contributed by atoms with Gasteiger partial charge < -0.3 is 19.5 Å². The van der Waals surface area contributed by atoms with Gasteiger partial charge in [-0.25, -0.2) is 0 Å². The third-order valence-corrected chi connectivity index (χ3v) is 4.42. The van der Waals surface area contributed by atoms with Crippen LogP contribution in [0.15, 0.2) is 24.3 Å². The lowest BCUT2D eigenvalue weighted by Gasteiger charge is -2.26. The summed E-state index contributed by atoms with van der Waals surface area (Å²) >= 11 is 0. The molecular weight excluding hydrogens is 282 g/mol. The first-order valence-corrected chi connectivity index (χ1v) is 7.67. The molecule has 1 N–H and O–H groups in total. The van der Waals surface area contributed by atoms with E-state index in [2.05, 4.69) is 0 Å². The highest BCUT2D eigenvalue weighted by atomic mass is 16.5. The van der Waals surface area contributed by atoms with Gasteiger partial charge in [-0.15, -0.1) is 0 Å². The van der Waals surface area contributed by atoms with Gasteiger partial charge in [-0.05, 0) is 31.0 Å². The van der Waals surface area contributed by atoms with E-state index in [4.69, 9.17) is 9.47 Å². The lowest BCUT2D eigenvalue weighted by molar-refractivity contribution is -0.129. The van der Waals surface area contributed by atoms with E-state index in [1.807, 2.05) is 36.1 Å². The fourth-order valence-corrected chi connectivity index (χ4v) is 2.93. The summed E-state index contributed by atoms with van der Waals surface area (Å²) in [5.41, 5.74) is 1.07. The first-order valence-electron chi connectivity index (χ1n) is 7.67. The zero-order valence-electron chi connectivity index (χ0n) is 13.5. The van der Waals surface area contributed by atoms with Crippen LogP contribution in [0.25, 0.3) is 0 Å². The van der Waals surface area contributed by atoms with Crippen LogP contribution in [0.5, 0.6) is 5.75 Å². The second-order valence-electron chi connectivity index (χ2n) is 5.81. The molecule has 3 atom stereocenters. The summed E-state index contributed by atoms with van der Waals surface area (Å²) in [4.78, 5) is 14.1. The summed E-state index contributed by atoms with van der Waals surface area (Å²) in [6.45, 7) is 3.13. The molecule has 0 radical (unpaired) electrons. The summed E-state index contributed by atoms with van der Waals surface area (Å²) in [5.74, 6) is 0.893. The molecule has 0 bridgehead atoms. The highest BCUT2D eigenvalue weighted by Gasteiger charge is 2.36. The van der Waals surface area contributed by atoms with Gasteiger partial charge in [0, 0.05) is 32.6 Å². The topological polar surface area (TPSA) is 59.0 Å². The molecule has 0 saturated carbocycles. The number of nitrogens with zero attached hydrogens (tertiary/aromatic N) is 1. The van der Waals surface area contributed by atoms with Crippen LogP contribution in [0.1, 0.15) is 31.4 Å². The summed E-state index contributed by atoms with van der Waals surface area (Å²) < 4.78 is 10.2. The van der Waals surface area contributed by atoms with Crippen LogP contribution in [-0.4, -0.2) is 49.4 Å². The molecule has 1 amide bonds. The lowest BCUT2D eigenvalue weighted by atomic mass is 9.99. The number of aliphatic hydroxyl groups excluding tert-OH is 1. The van der Waals surface area contributed by atoms with E-state index >= 15 is 0 Å². The van der Waals surface area contributed by atoms with Gasteiger partial charge in [-0.2, -0.15) is 0 Å². The Morgan fingerprint density at radius 3 is 2.59 bits per heavy atom. The number of methoxy groups -OCH3 is 2. The van der Waals surface area contributed by atoms with Crippen LogP contribution >= 0.6 is 0 Å². The van der Waals surface area contributed by atoms with Gasteiger partial charge in [0.15, 0.2) is 0 Å². The number of likely N-dealkylation sites (tertiary alicyclic amines) is 1. The monoisotopic (exact) mass is 307 g/mol. The van der Waals surface area contributed by atoms with Crippen LogP contribution in [0.2, 0.25) is 0 Å². The van der Waals surface area contributed by atoms with Gasteiger partial charge in [-0.1, -0.05) is 12.1 Å². The van der Waals surface area contributed by atoms with Crippen molar-refractivity contribution in [2.24, 2.45) is 5.92 Å². The molecule has 5 nitrogen and oxygen atoms in total. The number of hydrogen-bond donors (Lipinski definition) is 1. The fraction of sp³-hybridized carbons (Fsp3) is 0.588. The number of rotatable bonds is 7. The second kappa shape index (κ2) is 7.61. The average molecular weight is 307 g/mol. The van der Waals surface area contributed by atoms with Crippen molar-refractivity contribution in [2.75, 3.05) is 27.4 Å². The van der Waals surface area contributed by atoms with E-state index in [0.717, 1.165) is 11.3 Å². The quantitative estimate of drug-likeness (QED) is 0.837. The Morgan fingerprint density at radius 2 is 2.00 bits per heavy atom. The highest BCUT2D eigenvalue weighted by Crippen LogP contribution is 2.31. The van der Waals surface area contributed by atoms with E-state index < -0.39 is 6.10 Å². The molecule has 1 aromatic rings. The smallest absolute Gasteiger partial charge is 0.223 e.